The summed E-state index contributed by atoms with van der Waals surface area (Å²) in [6.45, 7) is -1.29. The van der Waals surface area contributed by atoms with Crippen LogP contribution in [0.2, 0.25) is 0 Å². The van der Waals surface area contributed by atoms with E-state index < -0.39 is 18.7 Å². The maximum atomic E-state index is 12.2. The van der Waals surface area contributed by atoms with Crippen LogP contribution < -0.4 is 5.32 Å². The fourth-order valence-electron chi connectivity index (χ4n) is 1.19. The van der Waals surface area contributed by atoms with Crippen molar-refractivity contribution in [2.24, 2.45) is 0 Å². The number of ether oxygens (including phenoxy) is 1. The van der Waals surface area contributed by atoms with E-state index in [2.05, 4.69) is 31.0 Å². The Morgan fingerprint density at radius 2 is 2.21 bits per heavy atom. The van der Waals surface area contributed by atoms with E-state index in [1.807, 2.05) is 0 Å². The summed E-state index contributed by atoms with van der Waals surface area (Å²) in [6, 6.07) is 1.10. The highest BCUT2D eigenvalue weighted by molar-refractivity contribution is 9.18. The first kappa shape index (κ1) is 15.4. The summed E-state index contributed by atoms with van der Waals surface area (Å²) in [7, 11) is 1.13. The summed E-state index contributed by atoms with van der Waals surface area (Å²) in [5, 5.41) is 9.48. The molecule has 19 heavy (non-hydrogen) atoms. The molecule has 0 unspecified atom stereocenters. The normalized spacial score (nSPS) is 11.0. The number of nitrogens with zero attached hydrogens (tertiary/aromatic N) is 1. The van der Waals surface area contributed by atoms with Gasteiger partial charge in [-0.2, -0.15) is 13.2 Å². The highest BCUT2D eigenvalue weighted by atomic mass is 79.9. The van der Waals surface area contributed by atoms with Crippen LogP contribution in [0.5, 0.6) is 0 Å². The number of nitrogens with one attached hydrogen (secondary N) is 2. The van der Waals surface area contributed by atoms with E-state index in [9.17, 15) is 18.0 Å². The topological polar surface area (TPSA) is 75.1 Å². The van der Waals surface area contributed by atoms with Crippen LogP contribution in [0.1, 0.15) is 16.1 Å². The van der Waals surface area contributed by atoms with Crippen molar-refractivity contribution in [3.05, 3.63) is 23.5 Å². The minimum atomic E-state index is -4.42. The molecule has 0 saturated heterocycles. The van der Waals surface area contributed by atoms with Gasteiger partial charge < -0.3 is 10.1 Å². The zero-order chi connectivity index (χ0) is 14.6. The molecule has 0 aromatic carbocycles. The minimum Gasteiger partial charge on any atom is -0.464 e. The van der Waals surface area contributed by atoms with Gasteiger partial charge in [0, 0.05) is 17.4 Å². The van der Waals surface area contributed by atoms with Gasteiger partial charge in [-0.15, -0.1) is 0 Å². The Kier molecular flexibility index (Phi) is 4.87. The monoisotopic (exact) mass is 339 g/mol. The highest BCUT2D eigenvalue weighted by Crippen LogP contribution is 2.22. The number of alkyl halides is 3. The van der Waals surface area contributed by atoms with Crippen LogP contribution in [0.15, 0.2) is 12.3 Å². The number of anilines is 1. The van der Waals surface area contributed by atoms with E-state index in [1.165, 1.54) is 0 Å². The number of halogens is 4. The summed E-state index contributed by atoms with van der Waals surface area (Å²) < 4.78 is 40.8. The molecule has 0 aliphatic rings. The fourth-order valence-corrected chi connectivity index (χ4v) is 1.50. The van der Waals surface area contributed by atoms with Gasteiger partial charge in [0.05, 0.1) is 7.11 Å². The van der Waals surface area contributed by atoms with E-state index in [4.69, 9.17) is 5.41 Å². The lowest BCUT2D eigenvalue weighted by Gasteiger charge is -2.13. The van der Waals surface area contributed by atoms with Crippen LogP contribution in [0.25, 0.3) is 0 Å². The predicted octanol–water partition coefficient (Wildman–Crippen LogP) is 2.56. The second kappa shape index (κ2) is 6.00. The van der Waals surface area contributed by atoms with Crippen LogP contribution in [-0.4, -0.2) is 35.4 Å². The molecule has 1 aromatic heterocycles. The molecule has 1 aromatic rings. The van der Waals surface area contributed by atoms with Gasteiger partial charge in [0.2, 0.25) is 0 Å². The van der Waals surface area contributed by atoms with Gasteiger partial charge in [-0.25, -0.2) is 9.78 Å². The summed E-state index contributed by atoms with van der Waals surface area (Å²) in [4.78, 5) is 15.0. The number of pyridine rings is 1. The maximum Gasteiger partial charge on any atom is 0.405 e. The molecule has 0 amide bonds. The lowest BCUT2D eigenvalue weighted by molar-refractivity contribution is -0.115. The lowest BCUT2D eigenvalue weighted by atomic mass is 10.2. The Labute approximate surface area is 114 Å². The van der Waals surface area contributed by atoms with Crippen LogP contribution in [0.4, 0.5) is 18.9 Å². The van der Waals surface area contributed by atoms with E-state index >= 15 is 0 Å². The number of hydrogen-bond donors (Lipinski definition) is 2. The van der Waals surface area contributed by atoms with E-state index in [1.54, 1.807) is 0 Å². The van der Waals surface area contributed by atoms with Crippen molar-refractivity contribution in [3.8, 4) is 0 Å². The second-order valence-corrected chi connectivity index (χ2v) is 4.18. The summed E-state index contributed by atoms with van der Waals surface area (Å²) in [5.41, 5.74) is -0.0730. The molecule has 2 N–H and O–H groups in total. The van der Waals surface area contributed by atoms with Gasteiger partial charge >= 0.3 is 12.1 Å². The van der Waals surface area contributed by atoms with Crippen LogP contribution in [-0.2, 0) is 4.74 Å². The largest absolute Gasteiger partial charge is 0.464 e. The third-order valence-corrected chi connectivity index (χ3v) is 2.44. The average Bonchev–Trinajstić information content (AvgIpc) is 2.34. The smallest absolute Gasteiger partial charge is 0.405 e. The number of esters is 1. The van der Waals surface area contributed by atoms with Crippen molar-refractivity contribution in [2.75, 3.05) is 19.0 Å². The van der Waals surface area contributed by atoms with Gasteiger partial charge in [-0.3, -0.25) is 5.41 Å². The molecule has 0 saturated carbocycles. The molecule has 1 heterocycles. The van der Waals surface area contributed by atoms with E-state index in [0.717, 1.165) is 19.4 Å². The van der Waals surface area contributed by atoms with Crippen LogP contribution in [0.3, 0.4) is 0 Å². The zero-order valence-electron chi connectivity index (χ0n) is 9.64. The number of aromatic nitrogens is 1. The molecular formula is C10H9BrF3N3O2. The molecule has 9 heteroatoms. The molecule has 1 rings (SSSR count). The van der Waals surface area contributed by atoms with Crippen molar-refractivity contribution in [3.63, 3.8) is 0 Å². The number of rotatable bonds is 4. The van der Waals surface area contributed by atoms with Crippen molar-refractivity contribution in [2.45, 2.75) is 6.18 Å². The van der Waals surface area contributed by atoms with Crippen LogP contribution >= 0.6 is 15.9 Å². The number of carbonyl (C=O) groups excluding carboxylic acids is 1. The Morgan fingerprint density at radius 1 is 1.58 bits per heavy atom. The van der Waals surface area contributed by atoms with E-state index in [0.29, 0.717) is 0 Å². The standard InChI is InChI=1S/C10H9BrF3N3O2/c1-19-9(18)7-2-6(17-4-10(12,13)14)5(3-16-7)8(11)15/h2-3,15H,4H2,1H3,(H,16,17). The molecule has 0 bridgehead atoms. The first-order valence-electron chi connectivity index (χ1n) is 4.88. The highest BCUT2D eigenvalue weighted by Gasteiger charge is 2.27. The Morgan fingerprint density at radius 3 is 2.68 bits per heavy atom. The number of methoxy groups -OCH3 is 1. The molecule has 104 valence electrons. The molecular weight excluding hydrogens is 331 g/mol. The summed E-state index contributed by atoms with van der Waals surface area (Å²) >= 11 is 2.84. The summed E-state index contributed by atoms with van der Waals surface area (Å²) in [6.07, 6.45) is -3.30. The first-order chi connectivity index (χ1) is 8.74. The van der Waals surface area contributed by atoms with Gasteiger partial charge in [-0.1, -0.05) is 0 Å². The average molecular weight is 340 g/mol. The molecule has 0 radical (unpaired) electrons. The quantitative estimate of drug-likeness (QED) is 0.653. The Hall–Kier alpha value is -1.64. The molecule has 0 atom stereocenters. The molecule has 0 spiro atoms. The Balaban J connectivity index is 3.09. The fraction of sp³-hybridized carbons (Fsp3) is 0.300. The van der Waals surface area contributed by atoms with Crippen LogP contribution in [0, 0.1) is 5.41 Å². The van der Waals surface area contributed by atoms with Crippen molar-refractivity contribution < 1.29 is 22.7 Å². The van der Waals surface area contributed by atoms with Gasteiger partial charge in [-0.05, 0) is 22.0 Å². The van der Waals surface area contributed by atoms with Crippen molar-refractivity contribution in [1.29, 1.82) is 5.41 Å². The zero-order valence-corrected chi connectivity index (χ0v) is 11.2. The number of hydrogen-bond acceptors (Lipinski definition) is 5. The van der Waals surface area contributed by atoms with Gasteiger partial charge in [0.25, 0.3) is 0 Å². The third-order valence-electron chi connectivity index (χ3n) is 2.01. The first-order valence-corrected chi connectivity index (χ1v) is 5.67. The SMILES string of the molecule is COC(=O)c1cc(NCC(F)(F)F)c(C(=N)Br)cn1. The second-order valence-electron chi connectivity index (χ2n) is 3.39. The van der Waals surface area contributed by atoms with Gasteiger partial charge in [0.15, 0.2) is 0 Å². The van der Waals surface area contributed by atoms with E-state index in [-0.39, 0.29) is 21.6 Å². The maximum absolute atomic E-state index is 12.2. The molecule has 0 fully saturated rings. The molecule has 0 aliphatic carbocycles. The molecule has 5 nitrogen and oxygen atoms in total. The van der Waals surface area contributed by atoms with Crippen molar-refractivity contribution in [1.82, 2.24) is 4.98 Å². The molecule has 0 aliphatic heterocycles. The summed E-state index contributed by atoms with van der Waals surface area (Å²) in [5.74, 6) is -0.775. The minimum absolute atomic E-state index is 0.0328. The lowest BCUT2D eigenvalue weighted by Crippen LogP contribution is -2.22. The third kappa shape index (κ3) is 4.51. The number of carbonyl (C=O) groups is 1. The van der Waals surface area contributed by atoms with Gasteiger partial charge in [0.1, 0.15) is 16.9 Å². The Bertz CT molecular complexity index is 505. The van der Waals surface area contributed by atoms with Crippen molar-refractivity contribution >= 4 is 32.2 Å². The predicted molar refractivity (Wildman–Crippen MR) is 65.9 cm³/mol.